The van der Waals surface area contributed by atoms with E-state index in [1.807, 2.05) is 31.2 Å². The molecule has 7 heteroatoms. The third-order valence-electron chi connectivity index (χ3n) is 4.19. The van der Waals surface area contributed by atoms with Gasteiger partial charge in [0.05, 0.1) is 19.3 Å². The summed E-state index contributed by atoms with van der Waals surface area (Å²) >= 11 is 0. The molecule has 2 atom stereocenters. The normalized spacial score (nSPS) is 19.3. The summed E-state index contributed by atoms with van der Waals surface area (Å²) in [6, 6.07) is 6.82. The van der Waals surface area contributed by atoms with Crippen molar-refractivity contribution in [2.24, 2.45) is 5.92 Å². The van der Waals surface area contributed by atoms with Crippen molar-refractivity contribution in [2.45, 2.75) is 26.3 Å². The Kier molecular flexibility index (Phi) is 4.71. The van der Waals surface area contributed by atoms with Crippen molar-refractivity contribution < 1.29 is 19.2 Å². The van der Waals surface area contributed by atoms with Crippen molar-refractivity contribution >= 4 is 11.7 Å². The van der Waals surface area contributed by atoms with Crippen LogP contribution in [0.25, 0.3) is 0 Å². The summed E-state index contributed by atoms with van der Waals surface area (Å²) in [6.07, 6.45) is 0.635. The molecule has 0 spiro atoms. The quantitative estimate of drug-likeness (QED) is 0.799. The number of anilines is 1. The van der Waals surface area contributed by atoms with E-state index in [4.69, 9.17) is 9.26 Å². The van der Waals surface area contributed by atoms with E-state index in [0.29, 0.717) is 30.2 Å². The number of ether oxygens (including phenoxy) is 1. The molecular weight excluding hydrogens is 310 g/mol. The van der Waals surface area contributed by atoms with Crippen LogP contribution in [-0.2, 0) is 6.42 Å². The molecule has 0 saturated heterocycles. The predicted molar refractivity (Wildman–Crippen MR) is 88.0 cm³/mol. The SMILES string of the molecule is CCc1onc(C)c1NC(=O)N[C@H]1c2ccccc2OC[C@H]1CO. The number of nitrogens with zero attached hydrogens (tertiary/aromatic N) is 1. The zero-order valence-electron chi connectivity index (χ0n) is 13.7. The molecule has 1 aromatic carbocycles. The Labute approximate surface area is 140 Å². The molecule has 0 unspecified atom stereocenters. The van der Waals surface area contributed by atoms with E-state index in [1.165, 1.54) is 0 Å². The van der Waals surface area contributed by atoms with Gasteiger partial charge in [-0.25, -0.2) is 4.79 Å². The van der Waals surface area contributed by atoms with Gasteiger partial charge in [-0.15, -0.1) is 0 Å². The number of para-hydroxylation sites is 1. The highest BCUT2D eigenvalue weighted by Crippen LogP contribution is 2.35. The molecule has 2 aromatic rings. The predicted octanol–water partition coefficient (Wildman–Crippen LogP) is 2.41. The van der Waals surface area contributed by atoms with Gasteiger partial charge in [0.1, 0.15) is 17.1 Å². The fourth-order valence-electron chi connectivity index (χ4n) is 2.88. The van der Waals surface area contributed by atoms with Crippen LogP contribution in [0.5, 0.6) is 5.75 Å². The number of benzene rings is 1. The van der Waals surface area contributed by atoms with E-state index >= 15 is 0 Å². The van der Waals surface area contributed by atoms with Crippen LogP contribution in [-0.4, -0.2) is 29.5 Å². The Morgan fingerprint density at radius 2 is 2.21 bits per heavy atom. The number of aliphatic hydroxyl groups excluding tert-OH is 1. The van der Waals surface area contributed by atoms with Crippen LogP contribution < -0.4 is 15.4 Å². The first kappa shape index (κ1) is 16.3. The lowest BCUT2D eigenvalue weighted by Crippen LogP contribution is -2.42. The lowest BCUT2D eigenvalue weighted by Gasteiger charge is -2.33. The van der Waals surface area contributed by atoms with E-state index in [1.54, 1.807) is 6.92 Å². The molecule has 7 nitrogen and oxygen atoms in total. The maximum atomic E-state index is 12.5. The van der Waals surface area contributed by atoms with Crippen LogP contribution in [0.2, 0.25) is 0 Å². The number of hydrogen-bond acceptors (Lipinski definition) is 5. The first-order valence-corrected chi connectivity index (χ1v) is 7.99. The lowest BCUT2D eigenvalue weighted by atomic mass is 9.91. The molecule has 128 valence electrons. The second-order valence-corrected chi connectivity index (χ2v) is 5.79. The summed E-state index contributed by atoms with van der Waals surface area (Å²) in [7, 11) is 0. The van der Waals surface area contributed by atoms with Gasteiger partial charge in [-0.2, -0.15) is 0 Å². The molecule has 0 saturated carbocycles. The monoisotopic (exact) mass is 331 g/mol. The van der Waals surface area contributed by atoms with E-state index in [2.05, 4.69) is 15.8 Å². The third-order valence-corrected chi connectivity index (χ3v) is 4.19. The highest BCUT2D eigenvalue weighted by Gasteiger charge is 2.32. The minimum atomic E-state index is -0.365. The first-order valence-electron chi connectivity index (χ1n) is 7.99. The summed E-state index contributed by atoms with van der Waals surface area (Å²) in [4.78, 5) is 12.5. The number of hydrogen-bond donors (Lipinski definition) is 3. The van der Waals surface area contributed by atoms with Gasteiger partial charge in [0.2, 0.25) is 0 Å². The Bertz CT molecular complexity index is 728. The van der Waals surface area contributed by atoms with E-state index < -0.39 is 0 Å². The minimum absolute atomic E-state index is 0.0776. The number of nitrogens with one attached hydrogen (secondary N) is 2. The average molecular weight is 331 g/mol. The van der Waals surface area contributed by atoms with Crippen LogP contribution in [0.1, 0.15) is 30.0 Å². The maximum Gasteiger partial charge on any atom is 0.319 e. The largest absolute Gasteiger partial charge is 0.493 e. The molecule has 2 amide bonds. The van der Waals surface area contributed by atoms with Crippen molar-refractivity contribution in [2.75, 3.05) is 18.5 Å². The molecule has 1 aliphatic heterocycles. The number of urea groups is 1. The molecule has 3 rings (SSSR count). The third kappa shape index (κ3) is 3.07. The Morgan fingerprint density at radius 3 is 2.96 bits per heavy atom. The molecule has 1 aliphatic rings. The van der Waals surface area contributed by atoms with Gasteiger partial charge in [-0.05, 0) is 13.0 Å². The highest BCUT2D eigenvalue weighted by atomic mass is 16.5. The molecule has 0 bridgehead atoms. The zero-order chi connectivity index (χ0) is 17.1. The average Bonchev–Trinajstić information content (AvgIpc) is 2.95. The number of aromatic nitrogens is 1. The molecule has 1 aromatic heterocycles. The molecule has 0 fully saturated rings. The number of carbonyl (C=O) groups is 1. The second-order valence-electron chi connectivity index (χ2n) is 5.79. The molecular formula is C17H21N3O4. The molecule has 24 heavy (non-hydrogen) atoms. The number of aryl methyl sites for hydroxylation is 2. The topological polar surface area (TPSA) is 96.6 Å². The first-order chi connectivity index (χ1) is 11.6. The minimum Gasteiger partial charge on any atom is -0.493 e. The summed E-state index contributed by atoms with van der Waals surface area (Å²) in [5.41, 5.74) is 2.08. The van der Waals surface area contributed by atoms with Gasteiger partial charge in [0.15, 0.2) is 5.76 Å². The molecule has 3 N–H and O–H groups in total. The number of rotatable bonds is 4. The molecule has 2 heterocycles. The Balaban J connectivity index is 1.78. The van der Waals surface area contributed by atoms with Crippen LogP contribution >= 0.6 is 0 Å². The van der Waals surface area contributed by atoms with Gasteiger partial charge in [-0.3, -0.25) is 0 Å². The summed E-state index contributed by atoms with van der Waals surface area (Å²) in [5, 5.41) is 19.2. The van der Waals surface area contributed by atoms with E-state index in [-0.39, 0.29) is 24.6 Å². The number of aliphatic hydroxyl groups is 1. The van der Waals surface area contributed by atoms with Crippen molar-refractivity contribution in [3.63, 3.8) is 0 Å². The molecule has 0 radical (unpaired) electrons. The highest BCUT2D eigenvalue weighted by molar-refractivity contribution is 5.90. The van der Waals surface area contributed by atoms with Crippen molar-refractivity contribution in [3.8, 4) is 5.75 Å². The summed E-state index contributed by atoms with van der Waals surface area (Å²) < 4.78 is 10.8. The van der Waals surface area contributed by atoms with Crippen LogP contribution in [0, 0.1) is 12.8 Å². The number of amides is 2. The van der Waals surface area contributed by atoms with E-state index in [9.17, 15) is 9.90 Å². The van der Waals surface area contributed by atoms with Crippen LogP contribution in [0.15, 0.2) is 28.8 Å². The Hall–Kier alpha value is -2.54. The fourth-order valence-corrected chi connectivity index (χ4v) is 2.88. The van der Waals surface area contributed by atoms with Gasteiger partial charge >= 0.3 is 6.03 Å². The van der Waals surface area contributed by atoms with Crippen molar-refractivity contribution in [1.29, 1.82) is 0 Å². The Morgan fingerprint density at radius 1 is 1.42 bits per heavy atom. The maximum absolute atomic E-state index is 12.5. The van der Waals surface area contributed by atoms with Crippen LogP contribution in [0.4, 0.5) is 10.5 Å². The number of carbonyl (C=O) groups excluding carboxylic acids is 1. The zero-order valence-corrected chi connectivity index (χ0v) is 13.7. The molecule has 0 aliphatic carbocycles. The number of fused-ring (bicyclic) bond motifs is 1. The van der Waals surface area contributed by atoms with Gasteiger partial charge in [-0.1, -0.05) is 30.3 Å². The lowest BCUT2D eigenvalue weighted by molar-refractivity contribution is 0.114. The van der Waals surface area contributed by atoms with Gasteiger partial charge in [0.25, 0.3) is 0 Å². The summed E-state index contributed by atoms with van der Waals surface area (Å²) in [6.45, 7) is 3.98. The van der Waals surface area contributed by atoms with Gasteiger partial charge in [0, 0.05) is 17.9 Å². The standard InChI is InChI=1S/C17H21N3O4/c1-3-13-15(10(2)20-24-13)18-17(22)19-16-11(8-21)9-23-14-7-5-4-6-12(14)16/h4-7,11,16,21H,3,8-9H2,1-2H3,(H2,18,19,22)/t11-,16-/m1/s1. The van der Waals surface area contributed by atoms with Gasteiger partial charge < -0.3 is 25.0 Å². The second kappa shape index (κ2) is 6.92. The van der Waals surface area contributed by atoms with Crippen molar-refractivity contribution in [3.05, 3.63) is 41.3 Å². The fraction of sp³-hybridized carbons (Fsp3) is 0.412. The van der Waals surface area contributed by atoms with E-state index in [0.717, 1.165) is 11.3 Å². The van der Waals surface area contributed by atoms with Crippen molar-refractivity contribution in [1.82, 2.24) is 10.5 Å². The van der Waals surface area contributed by atoms with Crippen LogP contribution in [0.3, 0.4) is 0 Å². The summed E-state index contributed by atoms with van der Waals surface area (Å²) in [5.74, 6) is 1.15. The smallest absolute Gasteiger partial charge is 0.319 e.